The van der Waals surface area contributed by atoms with Crippen LogP contribution in [-0.4, -0.2) is 45.8 Å². The molecule has 0 aliphatic carbocycles. The van der Waals surface area contributed by atoms with E-state index >= 15 is 0 Å². The third kappa shape index (κ3) is 5.22. The SMILES string of the molecule is CC(=O)c1ccc(S(=O)(=O)NCCC(=O)Nc2cccc(N3CCNC3=O)c2)cc1. The summed E-state index contributed by atoms with van der Waals surface area (Å²) in [6, 6.07) is 12.3. The molecule has 0 unspecified atom stereocenters. The summed E-state index contributed by atoms with van der Waals surface area (Å²) >= 11 is 0. The molecule has 0 atom stereocenters. The molecule has 1 aliphatic rings. The van der Waals surface area contributed by atoms with Crippen molar-refractivity contribution in [3.05, 3.63) is 54.1 Å². The van der Waals surface area contributed by atoms with Crippen molar-refractivity contribution in [3.63, 3.8) is 0 Å². The Hall–Kier alpha value is -3.24. The molecule has 0 aromatic heterocycles. The molecule has 158 valence electrons. The zero-order valence-electron chi connectivity index (χ0n) is 16.3. The number of anilines is 2. The molecule has 10 heteroatoms. The molecule has 0 radical (unpaired) electrons. The maximum Gasteiger partial charge on any atom is 0.321 e. The summed E-state index contributed by atoms with van der Waals surface area (Å²) in [5, 5.41) is 5.41. The second kappa shape index (κ2) is 9.06. The van der Waals surface area contributed by atoms with Crippen molar-refractivity contribution < 1.29 is 22.8 Å². The average Bonchev–Trinajstić information content (AvgIpc) is 3.14. The fourth-order valence-corrected chi connectivity index (χ4v) is 3.98. The Morgan fingerprint density at radius 3 is 2.50 bits per heavy atom. The van der Waals surface area contributed by atoms with Crippen molar-refractivity contribution in [3.8, 4) is 0 Å². The molecule has 1 aliphatic heterocycles. The van der Waals surface area contributed by atoms with Crippen LogP contribution in [0.5, 0.6) is 0 Å². The van der Waals surface area contributed by atoms with E-state index in [0.717, 1.165) is 0 Å². The quantitative estimate of drug-likeness (QED) is 0.550. The van der Waals surface area contributed by atoms with Crippen LogP contribution in [0, 0.1) is 0 Å². The highest BCUT2D eigenvalue weighted by atomic mass is 32.2. The largest absolute Gasteiger partial charge is 0.336 e. The van der Waals surface area contributed by atoms with Crippen LogP contribution in [0.4, 0.5) is 16.2 Å². The van der Waals surface area contributed by atoms with E-state index in [2.05, 4.69) is 15.4 Å². The highest BCUT2D eigenvalue weighted by molar-refractivity contribution is 7.89. The van der Waals surface area contributed by atoms with Gasteiger partial charge in [0, 0.05) is 43.0 Å². The number of hydrogen-bond donors (Lipinski definition) is 3. The Kier molecular flexibility index (Phi) is 6.48. The predicted molar refractivity (Wildman–Crippen MR) is 112 cm³/mol. The van der Waals surface area contributed by atoms with Gasteiger partial charge in [-0.1, -0.05) is 18.2 Å². The van der Waals surface area contributed by atoms with Gasteiger partial charge in [-0.3, -0.25) is 14.5 Å². The van der Waals surface area contributed by atoms with Gasteiger partial charge in [0.1, 0.15) is 0 Å². The van der Waals surface area contributed by atoms with Gasteiger partial charge in [-0.25, -0.2) is 17.9 Å². The molecule has 3 rings (SSSR count). The third-order valence-electron chi connectivity index (χ3n) is 4.51. The van der Waals surface area contributed by atoms with Gasteiger partial charge in [0.15, 0.2) is 5.78 Å². The summed E-state index contributed by atoms with van der Waals surface area (Å²) in [6.07, 6.45) is -0.0703. The van der Waals surface area contributed by atoms with Crippen LogP contribution in [-0.2, 0) is 14.8 Å². The van der Waals surface area contributed by atoms with E-state index in [9.17, 15) is 22.8 Å². The summed E-state index contributed by atoms with van der Waals surface area (Å²) in [6.45, 7) is 2.42. The Bertz CT molecular complexity index is 1070. The second-order valence-electron chi connectivity index (χ2n) is 6.71. The second-order valence-corrected chi connectivity index (χ2v) is 8.48. The summed E-state index contributed by atoms with van der Waals surface area (Å²) in [4.78, 5) is 36.8. The minimum atomic E-state index is -3.79. The van der Waals surface area contributed by atoms with Gasteiger partial charge in [-0.05, 0) is 37.3 Å². The third-order valence-corrected chi connectivity index (χ3v) is 5.99. The number of nitrogens with one attached hydrogen (secondary N) is 3. The lowest BCUT2D eigenvalue weighted by atomic mass is 10.2. The van der Waals surface area contributed by atoms with E-state index in [4.69, 9.17) is 0 Å². The van der Waals surface area contributed by atoms with Crippen molar-refractivity contribution in [2.45, 2.75) is 18.2 Å². The topological polar surface area (TPSA) is 125 Å². The molecular weight excluding hydrogens is 408 g/mol. The van der Waals surface area contributed by atoms with Crippen LogP contribution in [0.3, 0.4) is 0 Å². The van der Waals surface area contributed by atoms with Crippen LogP contribution < -0.4 is 20.3 Å². The number of rotatable bonds is 8. The first-order valence-corrected chi connectivity index (χ1v) is 10.8. The maximum atomic E-state index is 12.3. The molecule has 3 amide bonds. The van der Waals surface area contributed by atoms with E-state index in [1.807, 2.05) is 0 Å². The lowest BCUT2D eigenvalue weighted by molar-refractivity contribution is -0.116. The lowest BCUT2D eigenvalue weighted by Gasteiger charge is -2.15. The van der Waals surface area contributed by atoms with Crippen LogP contribution in [0.25, 0.3) is 0 Å². The maximum absolute atomic E-state index is 12.3. The molecule has 30 heavy (non-hydrogen) atoms. The highest BCUT2D eigenvalue weighted by Crippen LogP contribution is 2.21. The first-order valence-electron chi connectivity index (χ1n) is 9.32. The van der Waals surface area contributed by atoms with E-state index in [1.165, 1.54) is 31.2 Å². The van der Waals surface area contributed by atoms with Gasteiger partial charge < -0.3 is 10.6 Å². The summed E-state index contributed by atoms with van der Waals surface area (Å²) in [5.41, 5.74) is 1.60. The van der Waals surface area contributed by atoms with E-state index in [0.29, 0.717) is 30.0 Å². The molecule has 0 saturated carbocycles. The Morgan fingerprint density at radius 2 is 1.87 bits per heavy atom. The minimum Gasteiger partial charge on any atom is -0.336 e. The number of hydrogen-bond acceptors (Lipinski definition) is 5. The fourth-order valence-electron chi connectivity index (χ4n) is 2.94. The number of amides is 3. The van der Waals surface area contributed by atoms with Crippen molar-refractivity contribution in [1.82, 2.24) is 10.0 Å². The van der Waals surface area contributed by atoms with Crippen molar-refractivity contribution in [2.75, 3.05) is 29.9 Å². The van der Waals surface area contributed by atoms with Crippen molar-refractivity contribution >= 4 is 39.1 Å². The molecule has 2 aromatic rings. The van der Waals surface area contributed by atoms with E-state index in [-0.39, 0.29) is 35.6 Å². The molecule has 2 aromatic carbocycles. The van der Waals surface area contributed by atoms with E-state index in [1.54, 1.807) is 29.2 Å². The molecule has 0 spiro atoms. The molecule has 1 saturated heterocycles. The first-order chi connectivity index (χ1) is 14.3. The van der Waals surface area contributed by atoms with Gasteiger partial charge in [-0.15, -0.1) is 0 Å². The molecule has 1 fully saturated rings. The Morgan fingerprint density at radius 1 is 1.13 bits per heavy atom. The van der Waals surface area contributed by atoms with Crippen LogP contribution in [0.2, 0.25) is 0 Å². The van der Waals surface area contributed by atoms with Crippen molar-refractivity contribution in [2.24, 2.45) is 0 Å². The standard InChI is InChI=1S/C20H22N4O5S/c1-14(25)15-5-7-18(8-6-15)30(28,29)22-10-9-19(26)23-16-3-2-4-17(13-16)24-12-11-21-20(24)27/h2-8,13,22H,9-12H2,1H3,(H,21,27)(H,23,26). The molecule has 9 nitrogen and oxygen atoms in total. The molecule has 3 N–H and O–H groups in total. The van der Waals surface area contributed by atoms with Gasteiger partial charge in [0.2, 0.25) is 15.9 Å². The average molecular weight is 430 g/mol. The molecular formula is C20H22N4O5S. The Balaban J connectivity index is 1.53. The number of carbonyl (C=O) groups is 3. The molecule has 1 heterocycles. The number of sulfonamides is 1. The number of urea groups is 1. The van der Waals surface area contributed by atoms with Gasteiger partial charge in [0.25, 0.3) is 0 Å². The summed E-state index contributed by atoms with van der Waals surface area (Å²) in [7, 11) is -3.79. The monoisotopic (exact) mass is 430 g/mol. The fraction of sp³-hybridized carbons (Fsp3) is 0.250. The first kappa shape index (κ1) is 21.5. The number of ketones is 1. The number of carbonyl (C=O) groups excluding carboxylic acids is 3. The normalized spacial score (nSPS) is 13.8. The zero-order valence-corrected chi connectivity index (χ0v) is 17.2. The predicted octanol–water partition coefficient (Wildman–Crippen LogP) is 1.73. The zero-order chi connectivity index (χ0) is 21.7. The van der Waals surface area contributed by atoms with E-state index < -0.39 is 10.0 Å². The summed E-state index contributed by atoms with van der Waals surface area (Å²) < 4.78 is 27.0. The number of Topliss-reactive ketones (excluding diaryl/α,β-unsaturated/α-hetero) is 1. The molecule has 0 bridgehead atoms. The minimum absolute atomic E-state index is 0.0181. The van der Waals surface area contributed by atoms with Crippen LogP contribution >= 0.6 is 0 Å². The lowest BCUT2D eigenvalue weighted by Crippen LogP contribution is -2.28. The highest BCUT2D eigenvalue weighted by Gasteiger charge is 2.21. The van der Waals surface area contributed by atoms with Crippen molar-refractivity contribution in [1.29, 1.82) is 0 Å². The smallest absolute Gasteiger partial charge is 0.321 e. The summed E-state index contributed by atoms with van der Waals surface area (Å²) in [5.74, 6) is -0.523. The van der Waals surface area contributed by atoms with Gasteiger partial charge >= 0.3 is 6.03 Å². The Labute approximate surface area is 174 Å². The number of benzene rings is 2. The number of nitrogens with zero attached hydrogens (tertiary/aromatic N) is 1. The van der Waals surface area contributed by atoms with Gasteiger partial charge in [-0.2, -0.15) is 0 Å². The van der Waals surface area contributed by atoms with Crippen LogP contribution in [0.15, 0.2) is 53.4 Å². The van der Waals surface area contributed by atoms with Gasteiger partial charge in [0.05, 0.1) is 4.90 Å². The van der Waals surface area contributed by atoms with Crippen LogP contribution in [0.1, 0.15) is 23.7 Å².